The van der Waals surface area contributed by atoms with Gasteiger partial charge in [0.1, 0.15) is 12.7 Å². The highest BCUT2D eigenvalue weighted by Gasteiger charge is 2.25. The topological polar surface area (TPSA) is 97.2 Å². The van der Waals surface area contributed by atoms with Gasteiger partial charge in [-0.3, -0.25) is 4.79 Å². The number of carbonyl (C=O) groups is 1. The van der Waals surface area contributed by atoms with E-state index in [0.29, 0.717) is 30.8 Å². The van der Waals surface area contributed by atoms with Crippen LogP contribution in [0.4, 0.5) is 0 Å². The number of benzene rings is 2. The molecule has 1 amide bonds. The van der Waals surface area contributed by atoms with Crippen molar-refractivity contribution < 1.29 is 13.2 Å². The Morgan fingerprint density at radius 1 is 1.03 bits per heavy atom. The lowest BCUT2D eigenvalue weighted by Crippen LogP contribution is -2.35. The van der Waals surface area contributed by atoms with E-state index in [-0.39, 0.29) is 11.9 Å². The summed E-state index contributed by atoms with van der Waals surface area (Å²) in [6, 6.07) is 14.6. The van der Waals surface area contributed by atoms with Crippen LogP contribution < -0.4 is 5.32 Å². The molecule has 0 bridgehead atoms. The van der Waals surface area contributed by atoms with E-state index in [1.807, 2.05) is 31.2 Å². The average molecular weight is 468 g/mol. The molecule has 174 valence electrons. The van der Waals surface area contributed by atoms with Crippen LogP contribution in [0.3, 0.4) is 0 Å². The summed E-state index contributed by atoms with van der Waals surface area (Å²) in [5, 5.41) is 7.13. The number of carbonyl (C=O) groups excluding carboxylic acids is 1. The molecule has 1 atom stereocenters. The van der Waals surface area contributed by atoms with Crippen LogP contribution >= 0.6 is 0 Å². The third kappa shape index (κ3) is 5.66. The van der Waals surface area contributed by atoms with Gasteiger partial charge in [-0.15, -0.1) is 0 Å². The van der Waals surface area contributed by atoms with E-state index < -0.39 is 10.0 Å². The van der Waals surface area contributed by atoms with Gasteiger partial charge in [0.25, 0.3) is 0 Å². The summed E-state index contributed by atoms with van der Waals surface area (Å²) >= 11 is 0. The first-order valence-corrected chi connectivity index (χ1v) is 12.7. The molecule has 1 aliphatic rings. The summed E-state index contributed by atoms with van der Waals surface area (Å²) in [6.45, 7) is 3.12. The molecule has 0 aliphatic carbocycles. The van der Waals surface area contributed by atoms with Gasteiger partial charge in [0.05, 0.1) is 16.6 Å². The Morgan fingerprint density at radius 3 is 2.36 bits per heavy atom. The zero-order valence-corrected chi connectivity index (χ0v) is 19.5. The standard InChI is InChI=1S/C24H29N5O3S/c1-19(21-8-10-22(11-9-21)29-18-25-17-26-29)27-24(30)14-7-20-5-12-23(13-6-20)33(31,32)28-15-3-2-4-16-28/h5-6,8-13,17-19H,2-4,7,14-16H2,1H3,(H,27,30)/t19-/m0/s1. The van der Waals surface area contributed by atoms with E-state index in [9.17, 15) is 13.2 Å². The van der Waals surface area contributed by atoms with Gasteiger partial charge in [-0.25, -0.2) is 18.1 Å². The number of hydrogen-bond donors (Lipinski definition) is 1. The lowest BCUT2D eigenvalue weighted by molar-refractivity contribution is -0.121. The highest BCUT2D eigenvalue weighted by atomic mass is 32.2. The molecule has 1 saturated heterocycles. The van der Waals surface area contributed by atoms with E-state index in [2.05, 4.69) is 15.4 Å². The predicted octanol–water partition coefficient (Wildman–Crippen LogP) is 3.25. The normalized spacial score (nSPS) is 15.8. The van der Waals surface area contributed by atoms with Gasteiger partial charge in [-0.2, -0.15) is 9.40 Å². The maximum absolute atomic E-state index is 12.8. The molecule has 33 heavy (non-hydrogen) atoms. The molecule has 0 unspecified atom stereocenters. The zero-order valence-electron chi connectivity index (χ0n) is 18.7. The Balaban J connectivity index is 1.28. The molecule has 3 aromatic rings. The summed E-state index contributed by atoms with van der Waals surface area (Å²) in [7, 11) is -3.43. The van der Waals surface area contributed by atoms with Crippen molar-refractivity contribution in [2.45, 2.75) is 50.0 Å². The Hall–Kier alpha value is -3.04. The van der Waals surface area contributed by atoms with Crippen LogP contribution in [0.5, 0.6) is 0 Å². The molecule has 2 aromatic carbocycles. The first kappa shape index (κ1) is 23.1. The largest absolute Gasteiger partial charge is 0.350 e. The van der Waals surface area contributed by atoms with Crippen molar-refractivity contribution in [3.63, 3.8) is 0 Å². The van der Waals surface area contributed by atoms with Crippen molar-refractivity contribution in [3.8, 4) is 5.69 Å². The summed E-state index contributed by atoms with van der Waals surface area (Å²) in [4.78, 5) is 16.7. The summed E-state index contributed by atoms with van der Waals surface area (Å²) in [5.41, 5.74) is 2.84. The number of sulfonamides is 1. The fraction of sp³-hybridized carbons (Fsp3) is 0.375. The van der Waals surface area contributed by atoms with Gasteiger partial charge < -0.3 is 5.32 Å². The smallest absolute Gasteiger partial charge is 0.243 e. The number of piperidine rings is 1. The van der Waals surface area contributed by atoms with Gasteiger partial charge in [0.2, 0.25) is 15.9 Å². The number of amides is 1. The Morgan fingerprint density at radius 2 is 1.73 bits per heavy atom. The summed E-state index contributed by atoms with van der Waals surface area (Å²) in [5.74, 6) is -0.0483. The Kier molecular flexibility index (Phi) is 7.20. The number of nitrogens with one attached hydrogen (secondary N) is 1. The lowest BCUT2D eigenvalue weighted by Gasteiger charge is -2.25. The molecule has 2 heterocycles. The maximum Gasteiger partial charge on any atom is 0.243 e. The highest BCUT2D eigenvalue weighted by Crippen LogP contribution is 2.21. The quantitative estimate of drug-likeness (QED) is 0.549. The van der Waals surface area contributed by atoms with Crippen LogP contribution in [-0.2, 0) is 21.2 Å². The third-order valence-corrected chi connectivity index (χ3v) is 7.88. The molecule has 1 N–H and O–H groups in total. The number of aryl methyl sites for hydroxylation is 1. The number of aromatic nitrogens is 3. The average Bonchev–Trinajstić information content (AvgIpc) is 3.39. The minimum absolute atomic E-state index is 0.0483. The maximum atomic E-state index is 12.8. The van der Waals surface area contributed by atoms with Crippen LogP contribution in [0.1, 0.15) is 49.8 Å². The van der Waals surface area contributed by atoms with Crippen LogP contribution in [0.15, 0.2) is 66.1 Å². The van der Waals surface area contributed by atoms with Crippen LogP contribution in [0.25, 0.3) is 5.69 Å². The fourth-order valence-corrected chi connectivity index (χ4v) is 5.51. The van der Waals surface area contributed by atoms with Crippen LogP contribution in [-0.4, -0.2) is 46.5 Å². The number of hydrogen-bond acceptors (Lipinski definition) is 5. The van der Waals surface area contributed by atoms with E-state index in [1.54, 1.807) is 39.6 Å². The Bertz CT molecular complexity index is 1150. The van der Waals surface area contributed by atoms with Gasteiger partial charge in [0.15, 0.2) is 0 Å². The second-order valence-corrected chi connectivity index (χ2v) is 10.3. The first-order valence-electron chi connectivity index (χ1n) is 11.3. The molecule has 0 saturated carbocycles. The minimum Gasteiger partial charge on any atom is -0.350 e. The molecule has 8 nitrogen and oxygen atoms in total. The molecular formula is C24H29N5O3S. The molecule has 0 radical (unpaired) electrons. The highest BCUT2D eigenvalue weighted by molar-refractivity contribution is 7.89. The monoisotopic (exact) mass is 467 g/mol. The molecule has 1 fully saturated rings. The van der Waals surface area contributed by atoms with Crippen LogP contribution in [0.2, 0.25) is 0 Å². The second kappa shape index (κ2) is 10.3. The van der Waals surface area contributed by atoms with Gasteiger partial charge in [-0.05, 0) is 61.6 Å². The zero-order chi connectivity index (χ0) is 23.3. The SMILES string of the molecule is C[C@H](NC(=O)CCc1ccc(S(=O)(=O)N2CCCCC2)cc1)c1ccc(-n2cncn2)cc1. The molecule has 4 rings (SSSR count). The van der Waals surface area contributed by atoms with Crippen LogP contribution in [0, 0.1) is 0 Å². The third-order valence-electron chi connectivity index (χ3n) is 5.97. The summed E-state index contributed by atoms with van der Waals surface area (Å²) < 4.78 is 28.8. The summed E-state index contributed by atoms with van der Waals surface area (Å²) in [6.07, 6.45) is 6.91. The van der Waals surface area contributed by atoms with Crippen molar-refractivity contribution >= 4 is 15.9 Å². The molecule has 1 aromatic heterocycles. The molecule has 1 aliphatic heterocycles. The number of rotatable bonds is 8. The van der Waals surface area contributed by atoms with E-state index in [1.165, 1.54) is 6.33 Å². The molecule has 0 spiro atoms. The van der Waals surface area contributed by atoms with E-state index in [4.69, 9.17) is 0 Å². The van der Waals surface area contributed by atoms with Gasteiger partial charge in [-0.1, -0.05) is 30.7 Å². The molecule has 9 heteroatoms. The van der Waals surface area contributed by atoms with Crippen molar-refractivity contribution in [3.05, 3.63) is 72.3 Å². The van der Waals surface area contributed by atoms with Crippen molar-refractivity contribution in [1.29, 1.82) is 0 Å². The van der Waals surface area contributed by atoms with Crippen molar-refractivity contribution in [2.75, 3.05) is 13.1 Å². The Labute approximate surface area is 194 Å². The van der Waals surface area contributed by atoms with Gasteiger partial charge in [0, 0.05) is 19.5 Å². The van der Waals surface area contributed by atoms with E-state index >= 15 is 0 Å². The lowest BCUT2D eigenvalue weighted by atomic mass is 10.1. The second-order valence-electron chi connectivity index (χ2n) is 8.33. The predicted molar refractivity (Wildman–Crippen MR) is 125 cm³/mol. The van der Waals surface area contributed by atoms with Crippen molar-refractivity contribution in [2.24, 2.45) is 0 Å². The first-order chi connectivity index (χ1) is 15.9. The van der Waals surface area contributed by atoms with Crippen molar-refractivity contribution in [1.82, 2.24) is 24.4 Å². The van der Waals surface area contributed by atoms with Gasteiger partial charge >= 0.3 is 0 Å². The van der Waals surface area contributed by atoms with E-state index in [0.717, 1.165) is 36.1 Å². The molecular weight excluding hydrogens is 438 g/mol. The minimum atomic E-state index is -3.43. The number of nitrogens with zero attached hydrogens (tertiary/aromatic N) is 4. The fourth-order valence-electron chi connectivity index (χ4n) is 3.99.